The zero-order chi connectivity index (χ0) is 18.3. The Labute approximate surface area is 140 Å². The van der Waals surface area contributed by atoms with Crippen LogP contribution in [-0.4, -0.2) is 32.8 Å². The third-order valence-electron chi connectivity index (χ3n) is 2.76. The zero-order valence-electron chi connectivity index (χ0n) is 14.4. The summed E-state index contributed by atoms with van der Waals surface area (Å²) in [4.78, 5) is 23.2. The summed E-state index contributed by atoms with van der Waals surface area (Å²) in [5.41, 5.74) is -0.478. The van der Waals surface area contributed by atoms with E-state index >= 15 is 0 Å². The van der Waals surface area contributed by atoms with E-state index in [-0.39, 0.29) is 22.5 Å². The molecule has 0 unspecified atom stereocenters. The molecule has 0 saturated heterocycles. The Balaban J connectivity index is 3.16. The van der Waals surface area contributed by atoms with Crippen LogP contribution in [0.1, 0.15) is 20.8 Å². The number of carbonyl (C=O) groups is 2. The van der Waals surface area contributed by atoms with Crippen molar-refractivity contribution >= 4 is 17.6 Å². The summed E-state index contributed by atoms with van der Waals surface area (Å²) in [6.45, 7) is 6.24. The Bertz CT molecular complexity index is 634. The molecule has 0 saturated carbocycles. The van der Waals surface area contributed by atoms with Crippen molar-refractivity contribution in [2.45, 2.75) is 20.8 Å². The SMILES string of the molecule is COC(=O)/C=C(/Nc1c(F)cccc1OCC(C)(C)C)C(=O)OC. The summed E-state index contributed by atoms with van der Waals surface area (Å²) in [5.74, 6) is -2.05. The molecule has 0 atom stereocenters. The van der Waals surface area contributed by atoms with Crippen molar-refractivity contribution in [3.63, 3.8) is 0 Å². The van der Waals surface area contributed by atoms with Gasteiger partial charge in [0.1, 0.15) is 23.0 Å². The fourth-order valence-electron chi connectivity index (χ4n) is 1.61. The quantitative estimate of drug-likeness (QED) is 0.634. The minimum atomic E-state index is -0.842. The first-order chi connectivity index (χ1) is 11.2. The Hall–Kier alpha value is -2.57. The van der Waals surface area contributed by atoms with E-state index in [0.717, 1.165) is 20.3 Å². The molecule has 1 aromatic rings. The largest absolute Gasteiger partial charge is 0.491 e. The van der Waals surface area contributed by atoms with Gasteiger partial charge in [0.2, 0.25) is 0 Å². The number of esters is 2. The number of carbonyl (C=O) groups excluding carboxylic acids is 2. The number of benzene rings is 1. The fraction of sp³-hybridized carbons (Fsp3) is 0.412. The molecule has 6 nitrogen and oxygen atoms in total. The van der Waals surface area contributed by atoms with Crippen LogP contribution in [-0.2, 0) is 19.1 Å². The number of halogens is 1. The lowest BCUT2D eigenvalue weighted by atomic mass is 9.99. The molecule has 0 aromatic heterocycles. The standard InChI is InChI=1S/C17H22FNO5/c1-17(2,3)10-24-13-8-6-7-11(18)15(13)19-12(16(21)23-5)9-14(20)22-4/h6-9,19H,10H2,1-5H3/b12-9+. The molecule has 0 spiro atoms. The molecule has 24 heavy (non-hydrogen) atoms. The molecule has 0 aliphatic carbocycles. The molecular formula is C17H22FNO5. The topological polar surface area (TPSA) is 73.9 Å². The summed E-state index contributed by atoms with van der Waals surface area (Å²) >= 11 is 0. The van der Waals surface area contributed by atoms with Gasteiger partial charge in [0, 0.05) is 0 Å². The van der Waals surface area contributed by atoms with E-state index in [2.05, 4.69) is 14.8 Å². The van der Waals surface area contributed by atoms with E-state index in [0.29, 0.717) is 6.61 Å². The van der Waals surface area contributed by atoms with Crippen LogP contribution >= 0.6 is 0 Å². The van der Waals surface area contributed by atoms with Crippen molar-refractivity contribution in [1.29, 1.82) is 0 Å². The van der Waals surface area contributed by atoms with Crippen molar-refractivity contribution in [1.82, 2.24) is 0 Å². The molecule has 0 heterocycles. The van der Waals surface area contributed by atoms with Crippen molar-refractivity contribution < 1.29 is 28.2 Å². The third-order valence-corrected chi connectivity index (χ3v) is 2.76. The number of hydrogen-bond donors (Lipinski definition) is 1. The highest BCUT2D eigenvalue weighted by atomic mass is 19.1. The Morgan fingerprint density at radius 1 is 1.21 bits per heavy atom. The first kappa shape index (κ1) is 19.5. The van der Waals surface area contributed by atoms with Crippen LogP contribution < -0.4 is 10.1 Å². The minimum absolute atomic E-state index is 0.0673. The van der Waals surface area contributed by atoms with Gasteiger partial charge >= 0.3 is 11.9 Å². The van der Waals surface area contributed by atoms with E-state index in [4.69, 9.17) is 4.74 Å². The number of para-hydroxylation sites is 1. The summed E-state index contributed by atoms with van der Waals surface area (Å²) in [7, 11) is 2.31. The summed E-state index contributed by atoms with van der Waals surface area (Å²) in [5, 5.41) is 2.55. The van der Waals surface area contributed by atoms with Crippen LogP contribution in [0.25, 0.3) is 0 Å². The number of methoxy groups -OCH3 is 2. The second kappa shape index (κ2) is 8.33. The van der Waals surface area contributed by atoms with Gasteiger partial charge in [0.05, 0.1) is 26.9 Å². The van der Waals surface area contributed by atoms with Gasteiger partial charge < -0.3 is 19.5 Å². The van der Waals surface area contributed by atoms with Crippen LogP contribution in [0, 0.1) is 11.2 Å². The monoisotopic (exact) mass is 339 g/mol. The van der Waals surface area contributed by atoms with E-state index in [9.17, 15) is 14.0 Å². The van der Waals surface area contributed by atoms with Gasteiger partial charge in [-0.05, 0) is 17.5 Å². The van der Waals surface area contributed by atoms with E-state index in [1.54, 1.807) is 6.07 Å². The van der Waals surface area contributed by atoms with E-state index in [1.165, 1.54) is 12.1 Å². The first-order valence-electron chi connectivity index (χ1n) is 7.24. The highest BCUT2D eigenvalue weighted by Crippen LogP contribution is 2.30. The van der Waals surface area contributed by atoms with Crippen LogP contribution in [0.3, 0.4) is 0 Å². The maximum Gasteiger partial charge on any atom is 0.354 e. The molecule has 0 aliphatic heterocycles. The Morgan fingerprint density at radius 3 is 2.42 bits per heavy atom. The molecule has 1 rings (SSSR count). The Kier molecular flexibility index (Phi) is 6.76. The van der Waals surface area contributed by atoms with Gasteiger partial charge in [-0.1, -0.05) is 26.8 Å². The number of rotatable bonds is 6. The summed E-state index contributed by atoms with van der Waals surface area (Å²) in [6.07, 6.45) is 0.881. The van der Waals surface area contributed by atoms with Crippen LogP contribution in [0.15, 0.2) is 30.0 Å². The Morgan fingerprint density at radius 2 is 1.88 bits per heavy atom. The van der Waals surface area contributed by atoms with E-state index < -0.39 is 17.8 Å². The third kappa shape index (κ3) is 5.91. The predicted molar refractivity (Wildman–Crippen MR) is 87.1 cm³/mol. The van der Waals surface area contributed by atoms with Crippen molar-refractivity contribution in [2.75, 3.05) is 26.1 Å². The number of ether oxygens (including phenoxy) is 3. The van der Waals surface area contributed by atoms with Crippen LogP contribution in [0.2, 0.25) is 0 Å². The molecule has 0 fully saturated rings. The normalized spacial score (nSPS) is 11.7. The van der Waals surface area contributed by atoms with Gasteiger partial charge in [0.15, 0.2) is 0 Å². The number of nitrogens with one attached hydrogen (secondary N) is 1. The fourth-order valence-corrected chi connectivity index (χ4v) is 1.61. The average Bonchev–Trinajstić information content (AvgIpc) is 2.52. The van der Waals surface area contributed by atoms with Gasteiger partial charge in [-0.3, -0.25) is 0 Å². The highest BCUT2D eigenvalue weighted by Gasteiger charge is 2.19. The van der Waals surface area contributed by atoms with Crippen molar-refractivity contribution in [3.05, 3.63) is 35.8 Å². The molecule has 132 valence electrons. The average molecular weight is 339 g/mol. The lowest BCUT2D eigenvalue weighted by Crippen LogP contribution is -2.19. The second-order valence-corrected chi connectivity index (χ2v) is 6.16. The highest BCUT2D eigenvalue weighted by molar-refractivity contribution is 5.99. The molecule has 0 amide bonds. The first-order valence-corrected chi connectivity index (χ1v) is 7.24. The van der Waals surface area contributed by atoms with Gasteiger partial charge in [0.25, 0.3) is 0 Å². The molecule has 0 bridgehead atoms. The van der Waals surface area contributed by atoms with Crippen molar-refractivity contribution in [2.24, 2.45) is 5.41 Å². The van der Waals surface area contributed by atoms with Crippen LogP contribution in [0.4, 0.5) is 10.1 Å². The number of anilines is 1. The number of hydrogen-bond acceptors (Lipinski definition) is 6. The summed E-state index contributed by atoms with van der Waals surface area (Å²) < 4.78 is 28.9. The summed E-state index contributed by atoms with van der Waals surface area (Å²) in [6, 6.07) is 4.25. The van der Waals surface area contributed by atoms with Crippen molar-refractivity contribution in [3.8, 4) is 5.75 Å². The van der Waals surface area contributed by atoms with Crippen LogP contribution in [0.5, 0.6) is 5.75 Å². The maximum absolute atomic E-state index is 14.2. The van der Waals surface area contributed by atoms with Gasteiger partial charge in [-0.25, -0.2) is 14.0 Å². The molecule has 1 N–H and O–H groups in total. The molecule has 7 heteroatoms. The predicted octanol–water partition coefficient (Wildman–Crippen LogP) is 2.89. The molecule has 0 radical (unpaired) electrons. The second-order valence-electron chi connectivity index (χ2n) is 6.16. The van der Waals surface area contributed by atoms with Gasteiger partial charge in [-0.15, -0.1) is 0 Å². The smallest absolute Gasteiger partial charge is 0.354 e. The minimum Gasteiger partial charge on any atom is -0.491 e. The molecular weight excluding hydrogens is 317 g/mol. The lowest BCUT2D eigenvalue weighted by molar-refractivity contribution is -0.138. The lowest BCUT2D eigenvalue weighted by Gasteiger charge is -2.21. The molecule has 1 aromatic carbocycles. The molecule has 0 aliphatic rings. The zero-order valence-corrected chi connectivity index (χ0v) is 14.4. The maximum atomic E-state index is 14.2. The van der Waals surface area contributed by atoms with Gasteiger partial charge in [-0.2, -0.15) is 0 Å². The van der Waals surface area contributed by atoms with E-state index in [1.807, 2.05) is 20.8 Å².